The summed E-state index contributed by atoms with van der Waals surface area (Å²) in [6.45, 7) is 2.18. The summed E-state index contributed by atoms with van der Waals surface area (Å²) in [6, 6.07) is 2.82. The number of ketones is 1. The van der Waals surface area contributed by atoms with Gasteiger partial charge >= 0.3 is 47.6 Å². The number of rotatable bonds is 18. The van der Waals surface area contributed by atoms with Gasteiger partial charge in [-0.2, -0.15) is 74.6 Å². The molecule has 0 saturated heterocycles. The monoisotopic (exact) mass is 814 g/mol. The van der Waals surface area contributed by atoms with Gasteiger partial charge < -0.3 is 0 Å². The van der Waals surface area contributed by atoms with Crippen LogP contribution in [0.15, 0.2) is 24.3 Å². The largest absolute Gasteiger partial charge is 0.460 e. The van der Waals surface area contributed by atoms with Crippen LogP contribution in [0.3, 0.4) is 0 Å². The highest BCUT2D eigenvalue weighted by Crippen LogP contribution is 2.64. The normalized spacial score (nSPS) is 23.1. The molecule has 0 aromatic heterocycles. The van der Waals surface area contributed by atoms with Crippen LogP contribution in [0.25, 0.3) is 0 Å². The summed E-state index contributed by atoms with van der Waals surface area (Å²) in [4.78, 5) is 12.2. The second-order valence-corrected chi connectivity index (χ2v) is 14.9. The Labute approximate surface area is 301 Å². The number of Topliss-reactive ketones (excluding diaryl/α,β-unsaturated/α-hetero) is 1. The smallest absolute Gasteiger partial charge is 0.287 e. The molecule has 0 spiro atoms. The molecule has 1 aromatic carbocycles. The van der Waals surface area contributed by atoms with Crippen molar-refractivity contribution in [1.29, 1.82) is 0 Å². The summed E-state index contributed by atoms with van der Waals surface area (Å²) in [5.41, 5.74) is -1.14. The summed E-state index contributed by atoms with van der Waals surface area (Å²) >= 11 is 0. The molecule has 0 amide bonds. The van der Waals surface area contributed by atoms with E-state index in [1.54, 1.807) is 0 Å². The van der Waals surface area contributed by atoms with E-state index >= 15 is 0 Å². The van der Waals surface area contributed by atoms with E-state index in [1.165, 1.54) is 64.2 Å². The van der Waals surface area contributed by atoms with Crippen LogP contribution >= 0.6 is 0 Å². The Morgan fingerprint density at radius 2 is 0.852 bits per heavy atom. The fraction of sp³-hybridized carbons (Fsp3) is 0.806. The standard InChI is InChI=1S/C36H43F17O/c1-2-3-4-5-6-7-22-8-10-23(11-9-22)12-13-24-14-16-25(17-15-24)26-18-20-27(21-19-26)28(54)29(37,38)30(39,40)31(41,42)32(43,44)33(45,46)34(47,48)35(49,50)36(51,52)53/h18-25H,2-17H2,1H3/t22-,23-,24-,25-. The van der Waals surface area contributed by atoms with Gasteiger partial charge in [0.15, 0.2) is 0 Å². The summed E-state index contributed by atoms with van der Waals surface area (Å²) in [5, 5.41) is 0. The molecule has 1 aromatic rings. The highest BCUT2D eigenvalue weighted by atomic mass is 19.4. The first-order valence-corrected chi connectivity index (χ1v) is 18.0. The zero-order valence-electron chi connectivity index (χ0n) is 29.3. The van der Waals surface area contributed by atoms with Crippen molar-refractivity contribution in [3.8, 4) is 0 Å². The number of halogens is 17. The van der Waals surface area contributed by atoms with Crippen LogP contribution in [-0.2, 0) is 0 Å². The maximum atomic E-state index is 14.6. The second-order valence-electron chi connectivity index (χ2n) is 14.9. The van der Waals surface area contributed by atoms with Crippen molar-refractivity contribution in [1.82, 2.24) is 0 Å². The summed E-state index contributed by atoms with van der Waals surface area (Å²) in [6.07, 6.45) is 9.42. The van der Waals surface area contributed by atoms with Gasteiger partial charge in [0.05, 0.1) is 0 Å². The third-order valence-corrected chi connectivity index (χ3v) is 11.2. The number of hydrogen-bond donors (Lipinski definition) is 0. The Bertz CT molecular complexity index is 1350. The summed E-state index contributed by atoms with van der Waals surface area (Å²) in [5.74, 6) is -59.7. The Hall–Kier alpha value is -2.30. The first-order chi connectivity index (χ1) is 24.6. The van der Waals surface area contributed by atoms with Crippen LogP contribution in [0.1, 0.15) is 131 Å². The van der Waals surface area contributed by atoms with Crippen LogP contribution in [0.5, 0.6) is 0 Å². The second kappa shape index (κ2) is 16.7. The molecule has 3 rings (SSSR count). The zero-order chi connectivity index (χ0) is 41.2. The number of hydrogen-bond acceptors (Lipinski definition) is 1. The molecule has 0 unspecified atom stereocenters. The molecular weight excluding hydrogens is 771 g/mol. The molecular formula is C36H43F17O. The van der Waals surface area contributed by atoms with Gasteiger partial charge in [-0.25, -0.2) is 0 Å². The SMILES string of the molecule is CCCCCCC[C@H]1CC[C@H](CC[C@H]2CC[C@H](c3ccc(C(=O)C(F)(F)C(F)(F)C(F)(F)C(F)(F)C(F)(F)C(F)(F)C(F)(F)C(F)(F)F)cc3)CC2)CC1. The lowest BCUT2D eigenvalue weighted by Crippen LogP contribution is -2.75. The van der Waals surface area contributed by atoms with Gasteiger partial charge in [0.2, 0.25) is 5.78 Å². The van der Waals surface area contributed by atoms with Gasteiger partial charge in [-0.1, -0.05) is 108 Å². The average Bonchev–Trinajstić information content (AvgIpc) is 3.10. The van der Waals surface area contributed by atoms with Crippen LogP contribution in [0, 0.1) is 17.8 Å². The van der Waals surface area contributed by atoms with E-state index in [9.17, 15) is 79.4 Å². The molecule has 0 atom stereocenters. The highest BCUT2D eigenvalue weighted by Gasteiger charge is 2.95. The van der Waals surface area contributed by atoms with Gasteiger partial charge in [0.25, 0.3) is 0 Å². The maximum absolute atomic E-state index is 14.6. The van der Waals surface area contributed by atoms with Crippen LogP contribution in [0.4, 0.5) is 74.6 Å². The molecule has 0 bridgehead atoms. The molecule has 2 fully saturated rings. The summed E-state index contributed by atoms with van der Waals surface area (Å²) in [7, 11) is 0. The predicted octanol–water partition coefficient (Wildman–Crippen LogP) is 14.1. The minimum atomic E-state index is -8.74. The van der Waals surface area contributed by atoms with Gasteiger partial charge in [0, 0.05) is 5.56 Å². The summed E-state index contributed by atoms with van der Waals surface area (Å²) < 4.78 is 232. The number of carbonyl (C=O) groups excluding carboxylic acids is 1. The third-order valence-electron chi connectivity index (χ3n) is 11.2. The van der Waals surface area contributed by atoms with Crippen LogP contribution < -0.4 is 0 Å². The predicted molar refractivity (Wildman–Crippen MR) is 164 cm³/mol. The lowest BCUT2D eigenvalue weighted by Gasteiger charge is -2.42. The van der Waals surface area contributed by atoms with Gasteiger partial charge in [0.1, 0.15) is 0 Å². The van der Waals surface area contributed by atoms with E-state index in [2.05, 4.69) is 6.92 Å². The van der Waals surface area contributed by atoms with Crippen LogP contribution in [0.2, 0.25) is 0 Å². The molecule has 0 radical (unpaired) electrons. The Kier molecular flexibility index (Phi) is 14.2. The lowest BCUT2D eigenvalue weighted by molar-refractivity contribution is -0.459. The van der Waals surface area contributed by atoms with Crippen molar-refractivity contribution in [2.45, 2.75) is 163 Å². The van der Waals surface area contributed by atoms with Crippen molar-refractivity contribution >= 4 is 5.78 Å². The Morgan fingerprint density at radius 3 is 1.28 bits per heavy atom. The molecule has 0 N–H and O–H groups in total. The number of benzene rings is 1. The molecule has 54 heavy (non-hydrogen) atoms. The first kappa shape index (κ1) is 46.1. The quantitative estimate of drug-likeness (QED) is 0.0820. The fourth-order valence-electron chi connectivity index (χ4n) is 7.50. The third kappa shape index (κ3) is 8.66. The minimum absolute atomic E-state index is 0.207. The van der Waals surface area contributed by atoms with E-state index in [4.69, 9.17) is 0 Å². The molecule has 312 valence electrons. The molecule has 0 heterocycles. The van der Waals surface area contributed by atoms with E-state index in [1.807, 2.05) is 0 Å². The van der Waals surface area contributed by atoms with Gasteiger partial charge in [-0.3, -0.25) is 4.79 Å². The lowest BCUT2D eigenvalue weighted by atomic mass is 9.74. The van der Waals surface area contributed by atoms with Crippen molar-refractivity contribution in [2.24, 2.45) is 17.8 Å². The number of alkyl halides is 17. The minimum Gasteiger partial charge on any atom is -0.287 e. The highest BCUT2D eigenvalue weighted by molar-refractivity contribution is 6.02. The van der Waals surface area contributed by atoms with Gasteiger partial charge in [-0.15, -0.1) is 0 Å². The van der Waals surface area contributed by atoms with Gasteiger partial charge in [-0.05, 0) is 54.9 Å². The molecule has 2 saturated carbocycles. The fourth-order valence-corrected chi connectivity index (χ4v) is 7.50. The molecule has 18 heteroatoms. The van der Waals surface area contributed by atoms with Crippen molar-refractivity contribution in [3.05, 3.63) is 35.4 Å². The molecule has 0 aliphatic heterocycles. The average molecular weight is 815 g/mol. The molecule has 2 aliphatic rings. The van der Waals surface area contributed by atoms with Crippen LogP contribution in [-0.4, -0.2) is 53.4 Å². The van der Waals surface area contributed by atoms with E-state index < -0.39 is 59.0 Å². The molecule has 1 nitrogen and oxygen atoms in total. The van der Waals surface area contributed by atoms with Crippen molar-refractivity contribution in [3.63, 3.8) is 0 Å². The Morgan fingerprint density at radius 1 is 0.481 bits per heavy atom. The maximum Gasteiger partial charge on any atom is 0.460 e. The number of carbonyl (C=O) groups is 1. The topological polar surface area (TPSA) is 17.1 Å². The molecule has 2 aliphatic carbocycles. The van der Waals surface area contributed by atoms with E-state index in [0.29, 0.717) is 42.4 Å². The Balaban J connectivity index is 1.61. The van der Waals surface area contributed by atoms with Crippen molar-refractivity contribution < 1.29 is 79.4 Å². The van der Waals surface area contributed by atoms with Crippen molar-refractivity contribution in [2.75, 3.05) is 0 Å². The van der Waals surface area contributed by atoms with E-state index in [0.717, 1.165) is 43.7 Å². The van der Waals surface area contributed by atoms with E-state index in [-0.39, 0.29) is 5.92 Å². The number of unbranched alkanes of at least 4 members (excludes halogenated alkanes) is 4. The first-order valence-electron chi connectivity index (χ1n) is 18.0. The zero-order valence-corrected chi connectivity index (χ0v) is 29.3.